The van der Waals surface area contributed by atoms with E-state index in [9.17, 15) is 19.7 Å². The van der Waals surface area contributed by atoms with Crippen LogP contribution in [0.15, 0.2) is 35.3 Å². The molecule has 1 atom stereocenters. The molecule has 0 saturated carbocycles. The summed E-state index contributed by atoms with van der Waals surface area (Å²) < 4.78 is 5.24. The van der Waals surface area contributed by atoms with Crippen LogP contribution in [-0.4, -0.2) is 53.4 Å². The number of hydrogen-bond donors (Lipinski definition) is 3. The highest BCUT2D eigenvalue weighted by Gasteiger charge is 2.29. The summed E-state index contributed by atoms with van der Waals surface area (Å²) in [6, 6.07) is 8.05. The smallest absolute Gasteiger partial charge is 0.325 e. The molecule has 1 aromatic carbocycles. The minimum atomic E-state index is -1.10. The van der Waals surface area contributed by atoms with E-state index in [1.807, 2.05) is 42.7 Å². The van der Waals surface area contributed by atoms with Gasteiger partial charge >= 0.3 is 5.97 Å². The van der Waals surface area contributed by atoms with E-state index in [1.54, 1.807) is 0 Å². The predicted octanol–water partition coefficient (Wildman–Crippen LogP) is 0.984. The first-order valence-corrected chi connectivity index (χ1v) is 9.77. The number of unbranched alkanes of at least 4 members (excludes halogenated alkanes) is 1. The summed E-state index contributed by atoms with van der Waals surface area (Å²) in [5.74, 6) is -1.21. The van der Waals surface area contributed by atoms with Crippen LogP contribution in [0.5, 0.6) is 0 Å². The Morgan fingerprint density at radius 3 is 2.52 bits per heavy atom. The monoisotopic (exact) mass is 458 g/mol. The van der Waals surface area contributed by atoms with Gasteiger partial charge in [0.05, 0.1) is 0 Å². The highest BCUT2D eigenvalue weighted by molar-refractivity contribution is 5.86. The molecule has 1 amide bonds. The number of carbonyl (C=O) groups excluding carboxylic acids is 2. The Bertz CT molecular complexity index is 715. The van der Waals surface area contributed by atoms with Crippen molar-refractivity contribution in [2.75, 3.05) is 19.6 Å². The highest BCUT2D eigenvalue weighted by Crippen LogP contribution is 2.07. The number of nitrogens with one attached hydrogen (secondary N) is 1. The van der Waals surface area contributed by atoms with Gasteiger partial charge in [0.2, 0.25) is 0 Å². The third kappa shape index (κ3) is 12.3. The van der Waals surface area contributed by atoms with Crippen molar-refractivity contribution in [1.82, 2.24) is 10.3 Å². The Morgan fingerprint density at radius 2 is 1.94 bits per heavy atom. The number of rotatable bonds is 14. The zero-order valence-electron chi connectivity index (χ0n) is 17.6. The summed E-state index contributed by atoms with van der Waals surface area (Å²) in [7, 11) is 0. The number of carbonyl (C=O) groups is 2. The van der Waals surface area contributed by atoms with Gasteiger partial charge in [0.1, 0.15) is 13.2 Å². The van der Waals surface area contributed by atoms with Gasteiger partial charge in [-0.25, -0.2) is 10.1 Å². The standard InChI is InChI=1S/C19H30N6O5.ClH/c1-2-3-12-24(13-17(26)30-14-15-8-5-4-6-9-15)18(27)16(23-25(28)29)10-7-11-22-19(20)21;/h4-6,8-9,16,23H,2-3,7,10-14H2,1H3,(H4,20,21,22);1H/t16-;/m0./s1. The molecular weight excluding hydrogens is 428 g/mol. The van der Waals surface area contributed by atoms with Crippen molar-refractivity contribution in [1.29, 1.82) is 0 Å². The van der Waals surface area contributed by atoms with E-state index in [2.05, 4.69) is 4.99 Å². The lowest BCUT2D eigenvalue weighted by molar-refractivity contribution is -0.548. The molecule has 5 N–H and O–H groups in total. The number of nitrogens with two attached hydrogens (primary N) is 2. The molecule has 0 heterocycles. The van der Waals surface area contributed by atoms with Gasteiger partial charge in [-0.15, -0.1) is 17.8 Å². The second-order valence-electron chi connectivity index (χ2n) is 6.65. The van der Waals surface area contributed by atoms with E-state index in [0.29, 0.717) is 19.4 Å². The summed E-state index contributed by atoms with van der Waals surface area (Å²) in [6.45, 7) is 2.28. The predicted molar refractivity (Wildman–Crippen MR) is 119 cm³/mol. The topological polar surface area (TPSA) is 166 Å². The average molecular weight is 459 g/mol. The van der Waals surface area contributed by atoms with Crippen LogP contribution < -0.4 is 16.9 Å². The van der Waals surface area contributed by atoms with E-state index >= 15 is 0 Å². The molecule has 0 aliphatic carbocycles. The molecule has 0 aromatic heterocycles. The number of benzene rings is 1. The number of hydrazine groups is 1. The zero-order valence-corrected chi connectivity index (χ0v) is 18.4. The summed E-state index contributed by atoms with van der Waals surface area (Å²) in [5.41, 5.74) is 13.4. The second kappa shape index (κ2) is 15.7. The molecule has 0 spiro atoms. The number of amides is 1. The van der Waals surface area contributed by atoms with E-state index < -0.39 is 23.0 Å². The molecule has 1 rings (SSSR count). The number of guanidine groups is 1. The third-order valence-corrected chi connectivity index (χ3v) is 4.16. The molecule has 12 heteroatoms. The molecular formula is C19H31ClN6O5. The lowest BCUT2D eigenvalue weighted by atomic mass is 10.1. The molecule has 11 nitrogen and oxygen atoms in total. The Kier molecular flexibility index (Phi) is 14.2. The number of nitrogens with zero attached hydrogens (tertiary/aromatic N) is 3. The number of aliphatic imine (C=N–C) groups is 1. The van der Waals surface area contributed by atoms with Crippen LogP contribution in [0.2, 0.25) is 0 Å². The Morgan fingerprint density at radius 1 is 1.26 bits per heavy atom. The molecule has 1 aromatic rings. The fraction of sp³-hybridized carbons (Fsp3) is 0.526. The van der Waals surface area contributed by atoms with Crippen molar-refractivity contribution in [3.8, 4) is 0 Å². The Balaban J connectivity index is 0.00000900. The lowest BCUT2D eigenvalue weighted by Gasteiger charge is -2.25. The molecule has 174 valence electrons. The van der Waals surface area contributed by atoms with Crippen LogP contribution in [0.4, 0.5) is 0 Å². The highest BCUT2D eigenvalue weighted by atomic mass is 35.5. The first-order chi connectivity index (χ1) is 14.3. The van der Waals surface area contributed by atoms with Gasteiger partial charge in [0, 0.05) is 13.1 Å². The van der Waals surface area contributed by atoms with E-state index in [1.165, 1.54) is 4.90 Å². The van der Waals surface area contributed by atoms with Gasteiger partial charge in [-0.1, -0.05) is 43.7 Å². The quantitative estimate of drug-likeness (QED) is 0.0925. The molecule has 0 radical (unpaired) electrons. The van der Waals surface area contributed by atoms with Crippen LogP contribution >= 0.6 is 12.4 Å². The first-order valence-electron chi connectivity index (χ1n) is 9.77. The van der Waals surface area contributed by atoms with Gasteiger partial charge in [-0.2, -0.15) is 0 Å². The molecule has 0 aliphatic heterocycles. The van der Waals surface area contributed by atoms with Gasteiger partial charge in [-0.3, -0.25) is 14.6 Å². The largest absolute Gasteiger partial charge is 0.459 e. The van der Waals surface area contributed by atoms with E-state index in [4.69, 9.17) is 16.2 Å². The lowest BCUT2D eigenvalue weighted by Crippen LogP contribution is -2.50. The van der Waals surface area contributed by atoms with Crippen molar-refractivity contribution in [2.45, 2.75) is 45.3 Å². The number of ether oxygens (including phenoxy) is 1. The summed E-state index contributed by atoms with van der Waals surface area (Å²) in [4.78, 5) is 41.2. The summed E-state index contributed by atoms with van der Waals surface area (Å²) in [6.07, 6.45) is 1.94. The number of esters is 1. The third-order valence-electron chi connectivity index (χ3n) is 4.16. The number of hydrogen-bond acceptors (Lipinski definition) is 6. The number of halogens is 1. The van der Waals surface area contributed by atoms with Crippen LogP contribution in [0.25, 0.3) is 0 Å². The Hall–Kier alpha value is -3.08. The van der Waals surface area contributed by atoms with Gasteiger partial charge < -0.3 is 21.1 Å². The maximum Gasteiger partial charge on any atom is 0.325 e. The van der Waals surface area contributed by atoms with Crippen molar-refractivity contribution in [3.05, 3.63) is 46.0 Å². The molecule has 0 unspecified atom stereocenters. The van der Waals surface area contributed by atoms with Crippen molar-refractivity contribution < 1.29 is 19.4 Å². The minimum Gasteiger partial charge on any atom is -0.459 e. The van der Waals surface area contributed by atoms with Crippen LogP contribution in [0, 0.1) is 10.1 Å². The summed E-state index contributed by atoms with van der Waals surface area (Å²) >= 11 is 0. The zero-order chi connectivity index (χ0) is 22.4. The van der Waals surface area contributed by atoms with E-state index in [0.717, 1.165) is 12.0 Å². The van der Waals surface area contributed by atoms with Gasteiger partial charge in [-0.05, 0) is 24.8 Å². The average Bonchev–Trinajstić information content (AvgIpc) is 2.71. The Labute approximate surface area is 187 Å². The van der Waals surface area contributed by atoms with Crippen molar-refractivity contribution >= 4 is 30.2 Å². The van der Waals surface area contributed by atoms with Crippen LogP contribution in [-0.2, 0) is 20.9 Å². The second-order valence-corrected chi connectivity index (χ2v) is 6.65. The van der Waals surface area contributed by atoms with Crippen molar-refractivity contribution in [3.63, 3.8) is 0 Å². The SMILES string of the molecule is CCCCN(CC(=O)OCc1ccccc1)C(=O)[C@H](CCCN=C(N)N)N[N+](=O)[O-].Cl. The van der Waals surface area contributed by atoms with E-state index in [-0.39, 0.29) is 44.5 Å². The minimum absolute atomic E-state index is 0. The number of nitro groups is 1. The molecule has 0 fully saturated rings. The van der Waals surface area contributed by atoms with Crippen LogP contribution in [0.3, 0.4) is 0 Å². The van der Waals surface area contributed by atoms with Crippen molar-refractivity contribution in [2.24, 2.45) is 16.5 Å². The van der Waals surface area contributed by atoms with Crippen LogP contribution in [0.1, 0.15) is 38.2 Å². The fourth-order valence-corrected chi connectivity index (χ4v) is 2.65. The molecule has 0 bridgehead atoms. The molecule has 0 aliphatic rings. The van der Waals surface area contributed by atoms with Gasteiger partial charge in [0.25, 0.3) is 5.91 Å². The maximum atomic E-state index is 12.9. The normalized spacial score (nSPS) is 10.9. The van der Waals surface area contributed by atoms with Gasteiger partial charge in [0.15, 0.2) is 17.0 Å². The molecule has 0 saturated heterocycles. The molecule has 31 heavy (non-hydrogen) atoms. The maximum absolute atomic E-state index is 12.9. The fourth-order valence-electron chi connectivity index (χ4n) is 2.65. The summed E-state index contributed by atoms with van der Waals surface area (Å²) in [5, 5.41) is 10.2. The first kappa shape index (κ1) is 27.9.